The van der Waals surface area contributed by atoms with Crippen LogP contribution in [0.25, 0.3) is 6.08 Å². The van der Waals surface area contributed by atoms with Crippen molar-refractivity contribution in [2.45, 2.75) is 19.8 Å². The van der Waals surface area contributed by atoms with E-state index < -0.39 is 5.82 Å². The molecule has 0 fully saturated rings. The number of aryl methyl sites for hydroxylation is 1. The average molecular weight is 388 g/mol. The van der Waals surface area contributed by atoms with Crippen LogP contribution < -0.4 is 0 Å². The first kappa shape index (κ1) is 16.4. The molecule has 1 nitrogen and oxygen atoms in total. The Labute approximate surface area is 140 Å². The molecule has 110 valence electrons. The van der Waals surface area contributed by atoms with Gasteiger partial charge in [-0.15, -0.1) is 11.3 Å². The molecule has 0 saturated heterocycles. The predicted octanol–water partition coefficient (Wildman–Crippen LogP) is 6.15. The van der Waals surface area contributed by atoms with Gasteiger partial charge >= 0.3 is 0 Å². The maximum absolute atomic E-state index is 13.6. The van der Waals surface area contributed by atoms with E-state index in [1.165, 1.54) is 35.6 Å². The molecule has 0 radical (unpaired) electrons. The van der Waals surface area contributed by atoms with Crippen LogP contribution in [-0.2, 0) is 6.42 Å². The van der Waals surface area contributed by atoms with Gasteiger partial charge in [-0.25, -0.2) is 4.39 Å². The van der Waals surface area contributed by atoms with Crippen LogP contribution in [0, 0.1) is 5.82 Å². The molecule has 0 unspecified atom stereocenters. The Balaban J connectivity index is 2.21. The Morgan fingerprint density at radius 2 is 2.24 bits per heavy atom. The quantitative estimate of drug-likeness (QED) is 0.444. The number of carbonyl (C=O) groups excluding carboxylic acids is 1. The summed E-state index contributed by atoms with van der Waals surface area (Å²) in [6, 6.07) is 6.25. The lowest BCUT2D eigenvalue weighted by molar-refractivity contribution is 0.105. The molecule has 0 bridgehead atoms. The lowest BCUT2D eigenvalue weighted by atomic mass is 10.1. The van der Waals surface area contributed by atoms with Gasteiger partial charge in [0.05, 0.1) is 9.90 Å². The fourth-order valence-electron chi connectivity index (χ4n) is 1.84. The molecule has 0 atom stereocenters. The summed E-state index contributed by atoms with van der Waals surface area (Å²) in [5.74, 6) is -0.590. The van der Waals surface area contributed by atoms with E-state index in [-0.39, 0.29) is 16.4 Å². The van der Waals surface area contributed by atoms with Crippen molar-refractivity contribution in [3.05, 3.63) is 61.0 Å². The SMILES string of the molecule is CCCc1sc(C(=O)/C=C/c2c(F)cccc2Cl)cc1Br. The van der Waals surface area contributed by atoms with Gasteiger partial charge in [0.25, 0.3) is 0 Å². The molecule has 5 heteroatoms. The summed E-state index contributed by atoms with van der Waals surface area (Å²) in [5, 5.41) is 0.290. The Hall–Kier alpha value is -0.970. The number of thiophene rings is 1. The Kier molecular flexibility index (Phi) is 5.73. The van der Waals surface area contributed by atoms with E-state index in [1.807, 2.05) is 6.07 Å². The molecule has 21 heavy (non-hydrogen) atoms. The van der Waals surface area contributed by atoms with E-state index in [0.717, 1.165) is 22.2 Å². The zero-order valence-electron chi connectivity index (χ0n) is 11.3. The van der Waals surface area contributed by atoms with Crippen LogP contribution in [0.1, 0.15) is 33.5 Å². The number of hydrogen-bond acceptors (Lipinski definition) is 2. The van der Waals surface area contributed by atoms with Gasteiger partial charge in [-0.3, -0.25) is 4.79 Å². The molecule has 0 saturated carbocycles. The zero-order chi connectivity index (χ0) is 15.4. The van der Waals surface area contributed by atoms with Crippen LogP contribution in [0.5, 0.6) is 0 Å². The van der Waals surface area contributed by atoms with Gasteiger partial charge in [0, 0.05) is 14.9 Å². The molecule has 1 aromatic carbocycles. The highest BCUT2D eigenvalue weighted by Gasteiger charge is 2.11. The molecule has 0 aliphatic heterocycles. The number of benzene rings is 1. The number of carbonyl (C=O) groups is 1. The number of rotatable bonds is 5. The van der Waals surface area contributed by atoms with Crippen LogP contribution >= 0.6 is 38.9 Å². The van der Waals surface area contributed by atoms with Crippen LogP contribution in [0.3, 0.4) is 0 Å². The third-order valence-electron chi connectivity index (χ3n) is 2.88. The van der Waals surface area contributed by atoms with Crippen LogP contribution in [0.4, 0.5) is 4.39 Å². The van der Waals surface area contributed by atoms with Crippen molar-refractivity contribution in [1.29, 1.82) is 0 Å². The minimum absolute atomic E-state index is 0.151. The van der Waals surface area contributed by atoms with Crippen LogP contribution in [0.15, 0.2) is 34.8 Å². The van der Waals surface area contributed by atoms with Crippen molar-refractivity contribution in [2.75, 3.05) is 0 Å². The molecule has 1 heterocycles. The zero-order valence-corrected chi connectivity index (χ0v) is 14.5. The number of ketones is 1. The topological polar surface area (TPSA) is 17.1 Å². The van der Waals surface area contributed by atoms with Crippen LogP contribution in [0.2, 0.25) is 5.02 Å². The number of hydrogen-bond donors (Lipinski definition) is 0. The molecule has 2 rings (SSSR count). The monoisotopic (exact) mass is 386 g/mol. The molecule has 0 aliphatic carbocycles. The van der Waals surface area contributed by atoms with Crippen molar-refractivity contribution in [1.82, 2.24) is 0 Å². The molecule has 0 N–H and O–H groups in total. The summed E-state index contributed by atoms with van der Waals surface area (Å²) < 4.78 is 14.6. The largest absolute Gasteiger partial charge is 0.288 e. The Bertz CT molecular complexity index is 673. The van der Waals surface area contributed by atoms with Gasteiger partial charge < -0.3 is 0 Å². The molecule has 0 amide bonds. The summed E-state index contributed by atoms with van der Waals surface area (Å²) in [5.41, 5.74) is 0.233. The van der Waals surface area contributed by atoms with Crippen molar-refractivity contribution in [3.8, 4) is 0 Å². The second kappa shape index (κ2) is 7.34. The second-order valence-electron chi connectivity index (χ2n) is 4.46. The first-order valence-electron chi connectivity index (χ1n) is 6.47. The first-order valence-corrected chi connectivity index (χ1v) is 8.46. The van der Waals surface area contributed by atoms with Crippen molar-refractivity contribution in [2.24, 2.45) is 0 Å². The minimum atomic E-state index is -0.439. The van der Waals surface area contributed by atoms with Crippen molar-refractivity contribution >= 4 is 50.7 Å². The highest BCUT2D eigenvalue weighted by atomic mass is 79.9. The lowest BCUT2D eigenvalue weighted by Crippen LogP contribution is -1.90. The summed E-state index contributed by atoms with van der Waals surface area (Å²) in [4.78, 5) is 13.9. The summed E-state index contributed by atoms with van der Waals surface area (Å²) >= 11 is 10.8. The van der Waals surface area contributed by atoms with Crippen molar-refractivity contribution < 1.29 is 9.18 Å². The van der Waals surface area contributed by atoms with Gasteiger partial charge in [0.15, 0.2) is 5.78 Å². The standard InChI is InChI=1S/C16H13BrClFOS/c1-2-4-15-11(17)9-16(21-15)14(20)8-7-10-12(18)5-3-6-13(10)19/h3,5-9H,2,4H2,1H3/b8-7+. The molecule has 2 aromatic rings. The smallest absolute Gasteiger partial charge is 0.195 e. The molecular weight excluding hydrogens is 375 g/mol. The highest BCUT2D eigenvalue weighted by molar-refractivity contribution is 9.10. The van der Waals surface area contributed by atoms with Gasteiger partial charge in [0.1, 0.15) is 5.82 Å². The molecule has 1 aromatic heterocycles. The maximum Gasteiger partial charge on any atom is 0.195 e. The summed E-state index contributed by atoms with van der Waals surface area (Å²) in [6.45, 7) is 2.09. The minimum Gasteiger partial charge on any atom is -0.288 e. The van der Waals surface area contributed by atoms with E-state index in [4.69, 9.17) is 11.6 Å². The Morgan fingerprint density at radius 1 is 1.48 bits per heavy atom. The van der Waals surface area contributed by atoms with Gasteiger partial charge in [-0.05, 0) is 52.7 Å². The second-order valence-corrected chi connectivity index (χ2v) is 6.86. The van der Waals surface area contributed by atoms with E-state index in [0.29, 0.717) is 4.88 Å². The fraction of sp³-hybridized carbons (Fsp3) is 0.188. The van der Waals surface area contributed by atoms with Crippen LogP contribution in [-0.4, -0.2) is 5.78 Å². The average Bonchev–Trinajstić information content (AvgIpc) is 2.80. The maximum atomic E-state index is 13.6. The number of halogens is 3. The van der Waals surface area contributed by atoms with E-state index >= 15 is 0 Å². The van der Waals surface area contributed by atoms with E-state index in [2.05, 4.69) is 22.9 Å². The molecular formula is C16H13BrClFOS. The third kappa shape index (κ3) is 4.02. The van der Waals surface area contributed by atoms with Gasteiger partial charge in [0.2, 0.25) is 0 Å². The van der Waals surface area contributed by atoms with Gasteiger partial charge in [-0.2, -0.15) is 0 Å². The van der Waals surface area contributed by atoms with E-state index in [1.54, 1.807) is 6.07 Å². The Morgan fingerprint density at radius 3 is 2.90 bits per heavy atom. The molecule has 0 spiro atoms. The number of allylic oxidation sites excluding steroid dienone is 1. The van der Waals surface area contributed by atoms with Gasteiger partial charge in [-0.1, -0.05) is 31.0 Å². The summed E-state index contributed by atoms with van der Waals surface area (Å²) in [6.07, 6.45) is 4.74. The van der Waals surface area contributed by atoms with Crippen molar-refractivity contribution in [3.63, 3.8) is 0 Å². The predicted molar refractivity (Wildman–Crippen MR) is 90.8 cm³/mol. The molecule has 0 aliphatic rings. The highest BCUT2D eigenvalue weighted by Crippen LogP contribution is 2.29. The lowest BCUT2D eigenvalue weighted by Gasteiger charge is -1.98. The van der Waals surface area contributed by atoms with E-state index in [9.17, 15) is 9.18 Å². The normalized spacial score (nSPS) is 11.2. The first-order chi connectivity index (χ1) is 10.0. The fourth-order valence-corrected chi connectivity index (χ4v) is 3.96. The summed E-state index contributed by atoms with van der Waals surface area (Å²) in [7, 11) is 0. The third-order valence-corrected chi connectivity index (χ3v) is 5.39.